The minimum atomic E-state index is -0.872. The van der Waals surface area contributed by atoms with Gasteiger partial charge in [0.15, 0.2) is 0 Å². The van der Waals surface area contributed by atoms with Crippen LogP contribution in [0.2, 0.25) is 0 Å². The van der Waals surface area contributed by atoms with Gasteiger partial charge in [-0.15, -0.1) is 0 Å². The number of benzene rings is 1. The van der Waals surface area contributed by atoms with Gasteiger partial charge in [-0.3, -0.25) is 0 Å². The molecule has 1 aliphatic heterocycles. The Hall–Kier alpha value is -1.55. The zero-order valence-corrected chi connectivity index (χ0v) is 12.1. The lowest BCUT2D eigenvalue weighted by Crippen LogP contribution is -2.27. The van der Waals surface area contributed by atoms with E-state index >= 15 is 0 Å². The maximum atomic E-state index is 11.0. The van der Waals surface area contributed by atoms with Gasteiger partial charge < -0.3 is 15.3 Å². The van der Waals surface area contributed by atoms with Gasteiger partial charge in [-0.1, -0.05) is 13.0 Å². The highest BCUT2D eigenvalue weighted by Gasteiger charge is 2.16. The van der Waals surface area contributed by atoms with Crippen LogP contribution in [0, 0.1) is 0 Å². The number of nitrogens with one attached hydrogen (secondary N) is 1. The number of hydrogen-bond acceptors (Lipinski definition) is 3. The van der Waals surface area contributed by atoms with Gasteiger partial charge in [0.2, 0.25) is 0 Å². The third-order valence-corrected chi connectivity index (χ3v) is 3.84. The van der Waals surface area contributed by atoms with Crippen LogP contribution in [0.4, 0.5) is 5.69 Å². The molecule has 1 fully saturated rings. The van der Waals surface area contributed by atoms with Crippen LogP contribution in [0.15, 0.2) is 24.3 Å². The Labute approximate surface area is 120 Å². The number of nitrogens with zero attached hydrogens (tertiary/aromatic N) is 1. The van der Waals surface area contributed by atoms with Crippen LogP contribution in [0.25, 0.3) is 0 Å². The Morgan fingerprint density at radius 2 is 2.25 bits per heavy atom. The fourth-order valence-corrected chi connectivity index (χ4v) is 2.82. The molecule has 1 aromatic carbocycles. The molecule has 0 amide bonds. The van der Waals surface area contributed by atoms with Crippen molar-refractivity contribution in [2.24, 2.45) is 0 Å². The highest BCUT2D eigenvalue weighted by atomic mass is 16.4. The molecule has 2 rings (SSSR count). The molecule has 1 heterocycles. The molecule has 0 spiro atoms. The van der Waals surface area contributed by atoms with E-state index < -0.39 is 5.97 Å². The predicted molar refractivity (Wildman–Crippen MR) is 81.4 cm³/mol. The van der Waals surface area contributed by atoms with Crippen LogP contribution in [0.3, 0.4) is 0 Å². The number of carbonyl (C=O) groups is 1. The molecular weight excluding hydrogens is 252 g/mol. The van der Waals surface area contributed by atoms with E-state index in [-0.39, 0.29) is 0 Å². The SMILES string of the molecule is CCCN1CCCC(Nc2cccc(C(=O)O)c2)CC1. The van der Waals surface area contributed by atoms with Crippen molar-refractivity contribution in [2.75, 3.05) is 25.0 Å². The van der Waals surface area contributed by atoms with Gasteiger partial charge in [0, 0.05) is 18.3 Å². The fourth-order valence-electron chi connectivity index (χ4n) is 2.82. The summed E-state index contributed by atoms with van der Waals surface area (Å²) in [5.74, 6) is -0.872. The van der Waals surface area contributed by atoms with Crippen LogP contribution in [0.1, 0.15) is 43.0 Å². The van der Waals surface area contributed by atoms with Crippen molar-refractivity contribution in [3.05, 3.63) is 29.8 Å². The van der Waals surface area contributed by atoms with Gasteiger partial charge in [0.25, 0.3) is 0 Å². The van der Waals surface area contributed by atoms with E-state index in [9.17, 15) is 4.79 Å². The van der Waals surface area contributed by atoms with Crippen LogP contribution in [-0.4, -0.2) is 41.7 Å². The van der Waals surface area contributed by atoms with E-state index in [1.165, 1.54) is 25.9 Å². The lowest BCUT2D eigenvalue weighted by atomic mass is 10.1. The van der Waals surface area contributed by atoms with E-state index in [1.807, 2.05) is 6.07 Å². The average molecular weight is 276 g/mol. The van der Waals surface area contributed by atoms with Gasteiger partial charge in [-0.2, -0.15) is 0 Å². The quantitative estimate of drug-likeness (QED) is 0.868. The van der Waals surface area contributed by atoms with Crippen molar-refractivity contribution in [1.29, 1.82) is 0 Å². The van der Waals surface area contributed by atoms with Crippen LogP contribution < -0.4 is 5.32 Å². The Bertz CT molecular complexity index is 448. The summed E-state index contributed by atoms with van der Waals surface area (Å²) in [4.78, 5) is 13.5. The van der Waals surface area contributed by atoms with Crippen molar-refractivity contribution < 1.29 is 9.90 Å². The molecule has 1 aliphatic rings. The van der Waals surface area contributed by atoms with Gasteiger partial charge in [-0.25, -0.2) is 4.79 Å². The molecule has 4 nitrogen and oxygen atoms in total. The summed E-state index contributed by atoms with van der Waals surface area (Å²) < 4.78 is 0. The second-order valence-corrected chi connectivity index (χ2v) is 5.50. The van der Waals surface area contributed by atoms with E-state index in [1.54, 1.807) is 18.2 Å². The number of anilines is 1. The molecule has 0 saturated carbocycles. The average Bonchev–Trinajstić information content (AvgIpc) is 2.65. The number of carboxylic acid groups (broad SMARTS) is 1. The molecule has 4 heteroatoms. The normalized spacial score (nSPS) is 20.4. The van der Waals surface area contributed by atoms with Crippen molar-refractivity contribution in [3.63, 3.8) is 0 Å². The molecular formula is C16H24N2O2. The summed E-state index contributed by atoms with van der Waals surface area (Å²) in [7, 11) is 0. The van der Waals surface area contributed by atoms with Gasteiger partial charge in [0.05, 0.1) is 5.56 Å². The molecule has 0 aliphatic carbocycles. The van der Waals surface area contributed by atoms with E-state index in [0.717, 1.165) is 25.1 Å². The number of likely N-dealkylation sites (tertiary alicyclic amines) is 1. The van der Waals surface area contributed by atoms with Crippen molar-refractivity contribution in [1.82, 2.24) is 4.90 Å². The molecule has 1 unspecified atom stereocenters. The third-order valence-electron chi connectivity index (χ3n) is 3.84. The van der Waals surface area contributed by atoms with E-state index in [4.69, 9.17) is 5.11 Å². The van der Waals surface area contributed by atoms with E-state index in [2.05, 4.69) is 17.1 Å². The zero-order valence-electron chi connectivity index (χ0n) is 12.1. The fraction of sp³-hybridized carbons (Fsp3) is 0.562. The smallest absolute Gasteiger partial charge is 0.335 e. The van der Waals surface area contributed by atoms with Crippen LogP contribution in [-0.2, 0) is 0 Å². The van der Waals surface area contributed by atoms with Crippen molar-refractivity contribution in [2.45, 2.75) is 38.6 Å². The summed E-state index contributed by atoms with van der Waals surface area (Å²) in [6, 6.07) is 7.54. The number of aromatic carboxylic acids is 1. The molecule has 0 aromatic heterocycles. The molecule has 1 saturated heterocycles. The third kappa shape index (κ3) is 4.23. The molecule has 0 radical (unpaired) electrons. The monoisotopic (exact) mass is 276 g/mol. The lowest BCUT2D eigenvalue weighted by Gasteiger charge is -2.20. The topological polar surface area (TPSA) is 52.6 Å². The molecule has 2 N–H and O–H groups in total. The first-order valence-electron chi connectivity index (χ1n) is 7.51. The molecule has 1 aromatic rings. The van der Waals surface area contributed by atoms with Gasteiger partial charge in [-0.05, 0) is 57.0 Å². The molecule has 0 bridgehead atoms. The van der Waals surface area contributed by atoms with Gasteiger partial charge in [0.1, 0.15) is 0 Å². The number of rotatable bonds is 5. The van der Waals surface area contributed by atoms with Gasteiger partial charge >= 0.3 is 5.97 Å². The number of carboxylic acids is 1. The zero-order chi connectivity index (χ0) is 14.4. The molecule has 20 heavy (non-hydrogen) atoms. The minimum absolute atomic E-state index is 0.344. The Kier molecular flexibility index (Phi) is 5.41. The summed E-state index contributed by atoms with van der Waals surface area (Å²) in [5, 5.41) is 12.5. The lowest BCUT2D eigenvalue weighted by molar-refractivity contribution is 0.0697. The summed E-state index contributed by atoms with van der Waals surface area (Å²) in [5.41, 5.74) is 1.26. The first-order valence-corrected chi connectivity index (χ1v) is 7.51. The predicted octanol–water partition coefficient (Wildman–Crippen LogP) is 3.06. The Balaban J connectivity index is 1.93. The Morgan fingerprint density at radius 3 is 3.00 bits per heavy atom. The first-order chi connectivity index (χ1) is 9.69. The van der Waals surface area contributed by atoms with Crippen LogP contribution >= 0.6 is 0 Å². The van der Waals surface area contributed by atoms with Crippen LogP contribution in [0.5, 0.6) is 0 Å². The molecule has 110 valence electrons. The highest BCUT2D eigenvalue weighted by molar-refractivity contribution is 5.88. The maximum absolute atomic E-state index is 11.0. The summed E-state index contributed by atoms with van der Waals surface area (Å²) >= 11 is 0. The van der Waals surface area contributed by atoms with Crippen molar-refractivity contribution >= 4 is 11.7 Å². The molecule has 1 atom stereocenters. The summed E-state index contributed by atoms with van der Waals surface area (Å²) in [6.07, 6.45) is 4.68. The Morgan fingerprint density at radius 1 is 1.40 bits per heavy atom. The van der Waals surface area contributed by atoms with E-state index in [0.29, 0.717) is 11.6 Å². The summed E-state index contributed by atoms with van der Waals surface area (Å²) in [6.45, 7) is 5.71. The number of hydrogen-bond donors (Lipinski definition) is 2. The highest BCUT2D eigenvalue weighted by Crippen LogP contribution is 2.18. The standard InChI is InChI=1S/C16H24N2O2/c1-2-9-18-10-4-7-14(8-11-18)17-15-6-3-5-13(12-15)16(19)20/h3,5-6,12,14,17H,2,4,7-11H2,1H3,(H,19,20). The maximum Gasteiger partial charge on any atom is 0.335 e. The first kappa shape index (κ1) is 14.9. The second kappa shape index (κ2) is 7.29. The van der Waals surface area contributed by atoms with Crippen molar-refractivity contribution in [3.8, 4) is 0 Å². The minimum Gasteiger partial charge on any atom is -0.478 e. The second-order valence-electron chi connectivity index (χ2n) is 5.50. The largest absolute Gasteiger partial charge is 0.478 e.